The first-order chi connectivity index (χ1) is 27.7. The molecule has 298 valence electrons. The van der Waals surface area contributed by atoms with Gasteiger partial charge in [0.1, 0.15) is 0 Å². The molecular weight excluding hydrogens is 711 g/mol. The molecular formula is C56H61BN2. The number of rotatable bonds is 3. The Morgan fingerprint density at radius 3 is 1.69 bits per heavy atom. The second-order valence-electron chi connectivity index (χ2n) is 22.3. The quantitative estimate of drug-likeness (QED) is 0.165. The van der Waals surface area contributed by atoms with Gasteiger partial charge in [-0.3, -0.25) is 0 Å². The topological polar surface area (TPSA) is 6.48 Å². The third-order valence-corrected chi connectivity index (χ3v) is 14.7. The van der Waals surface area contributed by atoms with Crippen molar-refractivity contribution in [3.8, 4) is 11.1 Å². The van der Waals surface area contributed by atoms with Crippen LogP contribution in [0.4, 0.5) is 34.1 Å². The molecule has 59 heavy (non-hydrogen) atoms. The Hall–Kier alpha value is -5.02. The first-order valence-corrected chi connectivity index (χ1v) is 22.1. The van der Waals surface area contributed by atoms with Crippen LogP contribution in [-0.4, -0.2) is 6.71 Å². The van der Waals surface area contributed by atoms with Crippen molar-refractivity contribution in [1.29, 1.82) is 0 Å². The second-order valence-corrected chi connectivity index (χ2v) is 22.3. The molecule has 0 radical (unpaired) electrons. The van der Waals surface area contributed by atoms with Crippen LogP contribution in [0, 0.1) is 13.8 Å². The van der Waals surface area contributed by atoms with Crippen molar-refractivity contribution >= 4 is 57.2 Å². The van der Waals surface area contributed by atoms with E-state index in [-0.39, 0.29) is 33.8 Å². The molecule has 0 atom stereocenters. The highest BCUT2D eigenvalue weighted by molar-refractivity contribution is 7.00. The third-order valence-electron chi connectivity index (χ3n) is 14.7. The van der Waals surface area contributed by atoms with Crippen molar-refractivity contribution in [1.82, 2.24) is 0 Å². The molecule has 0 saturated heterocycles. The summed E-state index contributed by atoms with van der Waals surface area (Å²) >= 11 is 0. The Balaban J connectivity index is 1.30. The van der Waals surface area contributed by atoms with E-state index in [1.807, 2.05) is 0 Å². The summed E-state index contributed by atoms with van der Waals surface area (Å²) in [5.74, 6) is 0. The molecule has 6 aromatic carbocycles. The Labute approximate surface area is 354 Å². The van der Waals surface area contributed by atoms with Gasteiger partial charge in [0.15, 0.2) is 0 Å². The summed E-state index contributed by atoms with van der Waals surface area (Å²) in [6.07, 6.45) is 2.29. The van der Waals surface area contributed by atoms with Gasteiger partial charge in [-0.25, -0.2) is 0 Å². The number of hydrogen-bond donors (Lipinski definition) is 0. The Morgan fingerprint density at radius 2 is 1.05 bits per heavy atom. The highest BCUT2D eigenvalue weighted by Crippen LogP contribution is 2.55. The summed E-state index contributed by atoms with van der Waals surface area (Å²) in [5.41, 5.74) is 24.7. The fraction of sp³-hybridized carbons (Fsp3) is 0.357. The lowest BCUT2D eigenvalue weighted by molar-refractivity contribution is 0.403. The van der Waals surface area contributed by atoms with Crippen LogP contribution < -0.4 is 26.2 Å². The first-order valence-electron chi connectivity index (χ1n) is 22.1. The van der Waals surface area contributed by atoms with Crippen molar-refractivity contribution < 1.29 is 0 Å². The van der Waals surface area contributed by atoms with E-state index in [1.165, 1.54) is 101 Å². The standard InChI is InChI=1S/C56H61BN2/c1-34-25-49-51-50(26-34)59(46-23-19-37(27-35(46)2)36-17-15-14-16-18-36)47-24-20-38(52(3,4)5)28-44(47)57(51)45-30-42-43(56(12,13)33-55(42,10)11)31-48(45)58(49)39-21-22-40-41(29-39)54(8,9)32-53(40,6)7/h14-31H,32-33H2,1-13H3. The molecule has 0 fully saturated rings. The molecule has 0 bridgehead atoms. The van der Waals surface area contributed by atoms with Gasteiger partial charge < -0.3 is 9.80 Å². The molecule has 6 aromatic rings. The molecule has 2 nitrogen and oxygen atoms in total. The van der Waals surface area contributed by atoms with Crippen LogP contribution in [-0.2, 0) is 27.1 Å². The predicted molar refractivity (Wildman–Crippen MR) is 255 cm³/mol. The lowest BCUT2D eigenvalue weighted by Gasteiger charge is -2.45. The van der Waals surface area contributed by atoms with E-state index in [9.17, 15) is 0 Å². The molecule has 2 aliphatic heterocycles. The molecule has 0 N–H and O–H groups in total. The number of hydrogen-bond acceptors (Lipinski definition) is 2. The van der Waals surface area contributed by atoms with Crippen LogP contribution in [0.2, 0.25) is 0 Å². The minimum atomic E-state index is 0.00196. The van der Waals surface area contributed by atoms with E-state index in [4.69, 9.17) is 0 Å². The largest absolute Gasteiger partial charge is 0.311 e. The Kier molecular flexibility index (Phi) is 7.95. The van der Waals surface area contributed by atoms with Gasteiger partial charge in [-0.15, -0.1) is 0 Å². The van der Waals surface area contributed by atoms with E-state index in [0.717, 1.165) is 12.8 Å². The SMILES string of the molecule is Cc1cc2c3c(c1)N(c1ccc(-c4ccccc4)cc1C)c1ccc(C(C)(C)C)cc1B3c1cc3c(cc1N2c1ccc2c(c1)C(C)(C)CC2(C)C)C(C)(C)CC3(C)C. The van der Waals surface area contributed by atoms with Gasteiger partial charge in [-0.2, -0.15) is 0 Å². The zero-order valence-electron chi connectivity index (χ0n) is 37.8. The summed E-state index contributed by atoms with van der Waals surface area (Å²) in [6, 6.07) is 42.9. The Bertz CT molecular complexity index is 2740. The van der Waals surface area contributed by atoms with E-state index in [2.05, 4.69) is 209 Å². The van der Waals surface area contributed by atoms with Crippen LogP contribution in [0.1, 0.15) is 128 Å². The summed E-state index contributed by atoms with van der Waals surface area (Å²) in [4.78, 5) is 5.27. The summed E-state index contributed by atoms with van der Waals surface area (Å²) in [6.45, 7) is 31.4. The zero-order valence-corrected chi connectivity index (χ0v) is 37.8. The molecule has 0 amide bonds. The molecule has 4 aliphatic rings. The normalized spacial score (nSPS) is 18.6. The van der Waals surface area contributed by atoms with Gasteiger partial charge in [0.2, 0.25) is 0 Å². The van der Waals surface area contributed by atoms with Crippen molar-refractivity contribution in [2.24, 2.45) is 0 Å². The third kappa shape index (κ3) is 5.66. The van der Waals surface area contributed by atoms with Crippen molar-refractivity contribution in [2.75, 3.05) is 9.80 Å². The van der Waals surface area contributed by atoms with Crippen LogP contribution in [0.25, 0.3) is 11.1 Å². The van der Waals surface area contributed by atoms with E-state index >= 15 is 0 Å². The predicted octanol–water partition coefficient (Wildman–Crippen LogP) is 13.3. The first kappa shape index (κ1) is 38.2. The number of fused-ring (bicyclic) bond motifs is 6. The van der Waals surface area contributed by atoms with Crippen LogP contribution in [0.5, 0.6) is 0 Å². The fourth-order valence-corrected chi connectivity index (χ4v) is 12.4. The second kappa shape index (κ2) is 12.3. The molecule has 3 heteroatoms. The van der Waals surface area contributed by atoms with E-state index in [1.54, 1.807) is 0 Å². The van der Waals surface area contributed by atoms with E-state index in [0.29, 0.717) is 0 Å². The molecule has 2 aliphatic carbocycles. The summed E-state index contributed by atoms with van der Waals surface area (Å²) in [5, 5.41) is 0. The highest BCUT2D eigenvalue weighted by Gasteiger charge is 2.49. The molecule has 0 spiro atoms. The van der Waals surface area contributed by atoms with Gasteiger partial charge in [0.25, 0.3) is 6.71 Å². The molecule has 2 heterocycles. The maximum Gasteiger partial charge on any atom is 0.252 e. The monoisotopic (exact) mass is 772 g/mol. The van der Waals surface area contributed by atoms with Crippen LogP contribution >= 0.6 is 0 Å². The van der Waals surface area contributed by atoms with Gasteiger partial charge in [-0.1, -0.05) is 137 Å². The van der Waals surface area contributed by atoms with Crippen LogP contribution in [0.15, 0.2) is 109 Å². The average Bonchev–Trinajstić information content (AvgIpc) is 3.47. The van der Waals surface area contributed by atoms with Crippen LogP contribution in [0.3, 0.4) is 0 Å². The van der Waals surface area contributed by atoms with E-state index < -0.39 is 0 Å². The Morgan fingerprint density at radius 1 is 0.475 bits per heavy atom. The van der Waals surface area contributed by atoms with Crippen molar-refractivity contribution in [3.63, 3.8) is 0 Å². The summed E-state index contributed by atoms with van der Waals surface area (Å²) in [7, 11) is 0. The lowest BCUT2D eigenvalue weighted by atomic mass is 9.33. The number of aryl methyl sites for hydroxylation is 2. The average molecular weight is 773 g/mol. The smallest absolute Gasteiger partial charge is 0.252 e. The minimum absolute atomic E-state index is 0.00196. The van der Waals surface area contributed by atoms with Gasteiger partial charge in [0, 0.05) is 34.1 Å². The molecule has 10 rings (SSSR count). The number of anilines is 6. The maximum absolute atomic E-state index is 2.67. The molecule has 0 unspecified atom stereocenters. The highest BCUT2D eigenvalue weighted by atomic mass is 15.2. The molecule has 0 aromatic heterocycles. The minimum Gasteiger partial charge on any atom is -0.311 e. The van der Waals surface area contributed by atoms with Crippen molar-refractivity contribution in [3.05, 3.63) is 148 Å². The molecule has 0 saturated carbocycles. The number of benzene rings is 6. The number of nitrogens with zero attached hydrogens (tertiary/aromatic N) is 2. The van der Waals surface area contributed by atoms with Crippen molar-refractivity contribution in [2.45, 2.75) is 130 Å². The van der Waals surface area contributed by atoms with Gasteiger partial charge in [0.05, 0.1) is 0 Å². The van der Waals surface area contributed by atoms with Gasteiger partial charge >= 0.3 is 0 Å². The lowest BCUT2D eigenvalue weighted by Crippen LogP contribution is -2.61. The summed E-state index contributed by atoms with van der Waals surface area (Å²) < 4.78 is 0. The fourth-order valence-electron chi connectivity index (χ4n) is 12.4. The van der Waals surface area contributed by atoms with Gasteiger partial charge in [-0.05, 0) is 169 Å². The maximum atomic E-state index is 2.67. The zero-order chi connectivity index (χ0) is 41.8.